The molecule has 0 spiro atoms. The summed E-state index contributed by atoms with van der Waals surface area (Å²) in [5.74, 6) is 0.152. The van der Waals surface area contributed by atoms with Gasteiger partial charge in [0.05, 0.1) is 19.8 Å². The fourth-order valence-electron chi connectivity index (χ4n) is 1.88. The maximum absolute atomic E-state index is 11.8. The Kier molecular flexibility index (Phi) is 5.11. The zero-order valence-electron chi connectivity index (χ0n) is 10.5. The van der Waals surface area contributed by atoms with Crippen molar-refractivity contribution < 1.29 is 9.53 Å². The van der Waals surface area contributed by atoms with Crippen LogP contribution in [0.15, 0.2) is 24.4 Å². The third-order valence-corrected chi connectivity index (χ3v) is 2.92. The molecule has 1 aliphatic rings. The summed E-state index contributed by atoms with van der Waals surface area (Å²) in [4.78, 5) is 17.9. The summed E-state index contributed by atoms with van der Waals surface area (Å²) < 4.78 is 5.21. The standard InChI is InChI=1S/C13H19N3O2/c17-13(16-7-9-18-10-8-16)11-14-6-4-12-3-1-2-5-15-12/h1-3,5,14H,4,6-11H2. The van der Waals surface area contributed by atoms with E-state index in [0.29, 0.717) is 32.8 Å². The molecule has 98 valence electrons. The van der Waals surface area contributed by atoms with Gasteiger partial charge in [-0.1, -0.05) is 6.07 Å². The summed E-state index contributed by atoms with van der Waals surface area (Å²) in [5, 5.41) is 3.16. The number of aromatic nitrogens is 1. The van der Waals surface area contributed by atoms with Gasteiger partial charge in [0.15, 0.2) is 0 Å². The van der Waals surface area contributed by atoms with Crippen molar-refractivity contribution in [3.8, 4) is 0 Å². The van der Waals surface area contributed by atoms with Crippen molar-refractivity contribution in [3.05, 3.63) is 30.1 Å². The number of hydrogen-bond acceptors (Lipinski definition) is 4. The number of morpholine rings is 1. The van der Waals surface area contributed by atoms with Crippen molar-refractivity contribution in [3.63, 3.8) is 0 Å². The molecule has 1 aromatic heterocycles. The molecule has 1 aromatic rings. The third kappa shape index (κ3) is 4.09. The minimum Gasteiger partial charge on any atom is -0.378 e. The van der Waals surface area contributed by atoms with Crippen molar-refractivity contribution in [2.24, 2.45) is 0 Å². The average molecular weight is 249 g/mol. The number of nitrogens with one attached hydrogen (secondary N) is 1. The lowest BCUT2D eigenvalue weighted by Gasteiger charge is -2.26. The number of nitrogens with zero attached hydrogens (tertiary/aromatic N) is 2. The molecule has 5 nitrogen and oxygen atoms in total. The Morgan fingerprint density at radius 1 is 1.39 bits per heavy atom. The summed E-state index contributed by atoms with van der Waals surface area (Å²) in [5.41, 5.74) is 1.05. The van der Waals surface area contributed by atoms with Crippen molar-refractivity contribution in [1.29, 1.82) is 0 Å². The maximum Gasteiger partial charge on any atom is 0.236 e. The van der Waals surface area contributed by atoms with Crippen LogP contribution in [0.5, 0.6) is 0 Å². The fraction of sp³-hybridized carbons (Fsp3) is 0.538. The second-order valence-corrected chi connectivity index (χ2v) is 4.24. The van der Waals surface area contributed by atoms with Crippen LogP contribution >= 0.6 is 0 Å². The van der Waals surface area contributed by atoms with Gasteiger partial charge in [0, 0.05) is 37.9 Å². The zero-order valence-corrected chi connectivity index (χ0v) is 10.5. The second kappa shape index (κ2) is 7.08. The van der Waals surface area contributed by atoms with E-state index in [4.69, 9.17) is 4.74 Å². The Balaban J connectivity index is 1.61. The number of amides is 1. The molecule has 2 rings (SSSR count). The maximum atomic E-state index is 11.8. The minimum absolute atomic E-state index is 0.152. The Morgan fingerprint density at radius 3 is 2.94 bits per heavy atom. The first-order chi connectivity index (χ1) is 8.86. The van der Waals surface area contributed by atoms with Crippen molar-refractivity contribution in [2.75, 3.05) is 39.4 Å². The summed E-state index contributed by atoms with van der Waals surface area (Å²) in [6.07, 6.45) is 2.63. The molecule has 0 aliphatic carbocycles. The molecule has 1 fully saturated rings. The van der Waals surface area contributed by atoms with E-state index < -0.39 is 0 Å². The lowest BCUT2D eigenvalue weighted by molar-refractivity contribution is -0.134. The van der Waals surface area contributed by atoms with E-state index in [9.17, 15) is 4.79 Å². The summed E-state index contributed by atoms with van der Waals surface area (Å²) >= 11 is 0. The van der Waals surface area contributed by atoms with Crippen LogP contribution in [-0.4, -0.2) is 55.2 Å². The molecule has 1 amide bonds. The molecule has 1 saturated heterocycles. The second-order valence-electron chi connectivity index (χ2n) is 4.24. The van der Waals surface area contributed by atoms with Gasteiger partial charge in [0.25, 0.3) is 0 Å². The van der Waals surface area contributed by atoms with Crippen LogP contribution in [0.1, 0.15) is 5.69 Å². The number of pyridine rings is 1. The summed E-state index contributed by atoms with van der Waals surface area (Å²) in [7, 11) is 0. The molecule has 0 aromatic carbocycles. The van der Waals surface area contributed by atoms with Gasteiger partial charge in [-0.2, -0.15) is 0 Å². The molecular weight excluding hydrogens is 230 g/mol. The molecule has 0 unspecified atom stereocenters. The Bertz CT molecular complexity index is 364. The number of rotatable bonds is 5. The SMILES string of the molecule is O=C(CNCCc1ccccn1)N1CCOCC1. The van der Waals surface area contributed by atoms with Crippen LogP contribution in [0.2, 0.25) is 0 Å². The number of ether oxygens (including phenoxy) is 1. The number of hydrogen-bond donors (Lipinski definition) is 1. The van der Waals surface area contributed by atoms with E-state index >= 15 is 0 Å². The van der Waals surface area contributed by atoms with E-state index in [1.807, 2.05) is 23.1 Å². The van der Waals surface area contributed by atoms with Crippen LogP contribution in [-0.2, 0) is 16.0 Å². The van der Waals surface area contributed by atoms with Crippen LogP contribution in [0.25, 0.3) is 0 Å². The normalized spacial score (nSPS) is 15.7. The van der Waals surface area contributed by atoms with Gasteiger partial charge in [-0.25, -0.2) is 0 Å². The topological polar surface area (TPSA) is 54.5 Å². The van der Waals surface area contributed by atoms with Crippen LogP contribution < -0.4 is 5.32 Å². The molecule has 18 heavy (non-hydrogen) atoms. The molecule has 0 radical (unpaired) electrons. The molecule has 1 aliphatic heterocycles. The predicted molar refractivity (Wildman–Crippen MR) is 68.2 cm³/mol. The Labute approximate surface area is 107 Å². The van der Waals surface area contributed by atoms with Gasteiger partial charge in [-0.15, -0.1) is 0 Å². The molecular formula is C13H19N3O2. The summed E-state index contributed by atoms with van der Waals surface area (Å²) in [6.45, 7) is 3.89. The first-order valence-corrected chi connectivity index (χ1v) is 6.32. The minimum atomic E-state index is 0.152. The lowest BCUT2D eigenvalue weighted by atomic mass is 10.3. The van der Waals surface area contributed by atoms with E-state index in [2.05, 4.69) is 10.3 Å². The van der Waals surface area contributed by atoms with Crippen molar-refractivity contribution in [1.82, 2.24) is 15.2 Å². The van der Waals surface area contributed by atoms with Gasteiger partial charge >= 0.3 is 0 Å². The highest BCUT2D eigenvalue weighted by Gasteiger charge is 2.15. The van der Waals surface area contributed by atoms with Crippen LogP contribution in [0.3, 0.4) is 0 Å². The van der Waals surface area contributed by atoms with E-state index in [1.54, 1.807) is 6.20 Å². The van der Waals surface area contributed by atoms with Gasteiger partial charge in [-0.05, 0) is 12.1 Å². The molecule has 1 N–H and O–H groups in total. The van der Waals surface area contributed by atoms with Gasteiger partial charge in [0.1, 0.15) is 0 Å². The monoisotopic (exact) mass is 249 g/mol. The molecule has 2 heterocycles. The highest BCUT2D eigenvalue weighted by atomic mass is 16.5. The first-order valence-electron chi connectivity index (χ1n) is 6.32. The number of carbonyl (C=O) groups is 1. The van der Waals surface area contributed by atoms with Crippen molar-refractivity contribution in [2.45, 2.75) is 6.42 Å². The number of carbonyl (C=O) groups excluding carboxylic acids is 1. The third-order valence-electron chi connectivity index (χ3n) is 2.92. The van der Waals surface area contributed by atoms with Gasteiger partial charge in [-0.3, -0.25) is 9.78 Å². The predicted octanol–water partition coefficient (Wildman–Crippen LogP) is 0.0725. The van der Waals surface area contributed by atoms with Crippen LogP contribution in [0, 0.1) is 0 Å². The zero-order chi connectivity index (χ0) is 12.6. The van der Waals surface area contributed by atoms with Crippen LogP contribution in [0.4, 0.5) is 0 Å². The van der Waals surface area contributed by atoms with Crippen molar-refractivity contribution >= 4 is 5.91 Å². The summed E-state index contributed by atoms with van der Waals surface area (Å²) in [6, 6.07) is 5.87. The Hall–Kier alpha value is -1.46. The Morgan fingerprint density at radius 2 is 2.22 bits per heavy atom. The van der Waals surface area contributed by atoms with E-state index in [0.717, 1.165) is 18.7 Å². The van der Waals surface area contributed by atoms with Gasteiger partial charge < -0.3 is 15.0 Å². The van der Waals surface area contributed by atoms with E-state index in [1.165, 1.54) is 0 Å². The van der Waals surface area contributed by atoms with Gasteiger partial charge in [0.2, 0.25) is 5.91 Å². The molecule has 5 heteroatoms. The largest absolute Gasteiger partial charge is 0.378 e. The van der Waals surface area contributed by atoms with E-state index in [-0.39, 0.29) is 5.91 Å². The highest BCUT2D eigenvalue weighted by molar-refractivity contribution is 5.78. The molecule has 0 bridgehead atoms. The smallest absolute Gasteiger partial charge is 0.236 e. The highest BCUT2D eigenvalue weighted by Crippen LogP contribution is 1.97. The fourth-order valence-corrected chi connectivity index (χ4v) is 1.88. The quantitative estimate of drug-likeness (QED) is 0.751. The average Bonchev–Trinajstić information content (AvgIpc) is 2.45. The molecule has 0 atom stereocenters. The first kappa shape index (κ1) is 13.0. The molecule has 0 saturated carbocycles. The lowest BCUT2D eigenvalue weighted by Crippen LogP contribution is -2.44.